The molecule has 0 saturated carbocycles. The number of nitrogens with zero attached hydrogens (tertiary/aromatic N) is 4. The first kappa shape index (κ1) is 13.2. The van der Waals surface area contributed by atoms with E-state index in [4.69, 9.17) is 15.0 Å². The van der Waals surface area contributed by atoms with Crippen molar-refractivity contribution in [3.05, 3.63) is 54.2 Å². The van der Waals surface area contributed by atoms with Crippen LogP contribution in [-0.4, -0.2) is 27.2 Å². The summed E-state index contributed by atoms with van der Waals surface area (Å²) in [4.78, 5) is 12.3. The van der Waals surface area contributed by atoms with Crippen molar-refractivity contribution in [3.8, 4) is 17.4 Å². The average Bonchev–Trinajstić information content (AvgIpc) is 3.05. The number of hydrogen-bond acceptors (Lipinski definition) is 7. The van der Waals surface area contributed by atoms with Crippen LogP contribution in [0, 0.1) is 0 Å². The lowest BCUT2D eigenvalue weighted by molar-refractivity contribution is 0.367. The molecule has 0 spiro atoms. The van der Waals surface area contributed by atoms with E-state index in [0.717, 1.165) is 5.56 Å². The SMILES string of the molecule is COc1cc(-c2noc(C(N)c3ccccc3)n2)ncn1. The van der Waals surface area contributed by atoms with Crippen molar-refractivity contribution in [1.29, 1.82) is 0 Å². The minimum atomic E-state index is -0.476. The third-order valence-electron chi connectivity index (χ3n) is 2.95. The Morgan fingerprint density at radius 3 is 2.76 bits per heavy atom. The fourth-order valence-electron chi connectivity index (χ4n) is 1.84. The van der Waals surface area contributed by atoms with Crippen molar-refractivity contribution in [1.82, 2.24) is 20.1 Å². The van der Waals surface area contributed by atoms with Gasteiger partial charge in [-0.3, -0.25) is 0 Å². The van der Waals surface area contributed by atoms with E-state index in [0.29, 0.717) is 23.3 Å². The molecule has 2 N–H and O–H groups in total. The molecule has 0 amide bonds. The monoisotopic (exact) mass is 283 g/mol. The Morgan fingerprint density at radius 1 is 1.19 bits per heavy atom. The van der Waals surface area contributed by atoms with Crippen molar-refractivity contribution in [2.75, 3.05) is 7.11 Å². The molecule has 0 bridgehead atoms. The highest BCUT2D eigenvalue weighted by molar-refractivity contribution is 5.49. The van der Waals surface area contributed by atoms with Crippen molar-refractivity contribution >= 4 is 0 Å². The number of nitrogens with two attached hydrogens (primary N) is 1. The van der Waals surface area contributed by atoms with Crippen molar-refractivity contribution < 1.29 is 9.26 Å². The summed E-state index contributed by atoms with van der Waals surface area (Å²) in [5.74, 6) is 1.10. The van der Waals surface area contributed by atoms with Gasteiger partial charge in [0.1, 0.15) is 18.1 Å². The van der Waals surface area contributed by atoms with Crippen molar-refractivity contribution in [2.24, 2.45) is 5.73 Å². The summed E-state index contributed by atoms with van der Waals surface area (Å²) in [5, 5.41) is 3.90. The van der Waals surface area contributed by atoms with Gasteiger partial charge in [-0.1, -0.05) is 35.5 Å². The maximum atomic E-state index is 6.11. The standard InChI is InChI=1S/C14H13N5O2/c1-20-11-7-10(16-8-17-11)13-18-14(21-19-13)12(15)9-5-3-2-4-6-9/h2-8,12H,15H2,1H3. The second-order valence-corrected chi connectivity index (χ2v) is 4.29. The number of methoxy groups -OCH3 is 1. The number of ether oxygens (including phenoxy) is 1. The van der Waals surface area contributed by atoms with Gasteiger partial charge in [-0.25, -0.2) is 9.97 Å². The first-order chi connectivity index (χ1) is 10.3. The summed E-state index contributed by atoms with van der Waals surface area (Å²) in [6.07, 6.45) is 1.38. The van der Waals surface area contributed by atoms with Crippen LogP contribution in [-0.2, 0) is 0 Å². The smallest absolute Gasteiger partial charge is 0.248 e. The Balaban J connectivity index is 1.89. The minimum Gasteiger partial charge on any atom is -0.481 e. The largest absolute Gasteiger partial charge is 0.481 e. The topological polar surface area (TPSA) is 100.0 Å². The molecule has 0 saturated heterocycles. The van der Waals surface area contributed by atoms with Crippen molar-refractivity contribution in [3.63, 3.8) is 0 Å². The Morgan fingerprint density at radius 2 is 2.00 bits per heavy atom. The number of aromatic nitrogens is 4. The van der Waals surface area contributed by atoms with Gasteiger partial charge in [-0.2, -0.15) is 4.98 Å². The lowest BCUT2D eigenvalue weighted by atomic mass is 10.1. The molecule has 1 atom stereocenters. The van der Waals surface area contributed by atoms with Gasteiger partial charge in [0, 0.05) is 6.07 Å². The van der Waals surface area contributed by atoms with Gasteiger partial charge in [-0.05, 0) is 5.56 Å². The molecule has 1 unspecified atom stereocenters. The molecule has 2 aromatic heterocycles. The Hall–Kier alpha value is -2.80. The molecule has 0 radical (unpaired) electrons. The van der Waals surface area contributed by atoms with Crippen LogP contribution in [0.4, 0.5) is 0 Å². The summed E-state index contributed by atoms with van der Waals surface area (Å²) in [6, 6.07) is 10.7. The van der Waals surface area contributed by atoms with E-state index < -0.39 is 6.04 Å². The molecule has 106 valence electrons. The van der Waals surface area contributed by atoms with Gasteiger partial charge in [0.05, 0.1) is 7.11 Å². The Kier molecular flexibility index (Phi) is 3.57. The van der Waals surface area contributed by atoms with Crippen LogP contribution in [0.3, 0.4) is 0 Å². The van der Waals surface area contributed by atoms with Crippen molar-refractivity contribution in [2.45, 2.75) is 6.04 Å². The van der Waals surface area contributed by atoms with Crippen LogP contribution in [0.2, 0.25) is 0 Å². The normalized spacial score (nSPS) is 12.1. The van der Waals surface area contributed by atoms with Gasteiger partial charge in [-0.15, -0.1) is 0 Å². The van der Waals surface area contributed by atoms with Gasteiger partial charge < -0.3 is 15.0 Å². The zero-order chi connectivity index (χ0) is 14.7. The highest BCUT2D eigenvalue weighted by Gasteiger charge is 2.18. The average molecular weight is 283 g/mol. The van der Waals surface area contributed by atoms with Gasteiger partial charge in [0.15, 0.2) is 0 Å². The van der Waals surface area contributed by atoms with Crippen LogP contribution in [0.15, 0.2) is 47.2 Å². The zero-order valence-corrected chi connectivity index (χ0v) is 11.3. The highest BCUT2D eigenvalue weighted by Crippen LogP contribution is 2.21. The number of benzene rings is 1. The predicted octanol–water partition coefficient (Wildman–Crippen LogP) is 1.58. The van der Waals surface area contributed by atoms with Crippen LogP contribution < -0.4 is 10.5 Å². The highest BCUT2D eigenvalue weighted by atomic mass is 16.5. The molecule has 7 nitrogen and oxygen atoms in total. The van der Waals surface area contributed by atoms with Crippen LogP contribution in [0.5, 0.6) is 5.88 Å². The zero-order valence-electron chi connectivity index (χ0n) is 11.3. The third kappa shape index (κ3) is 2.72. The number of hydrogen-bond donors (Lipinski definition) is 1. The van der Waals surface area contributed by atoms with Gasteiger partial charge >= 0.3 is 0 Å². The Bertz CT molecular complexity index is 729. The minimum absolute atomic E-state index is 0.328. The van der Waals surface area contributed by atoms with E-state index in [-0.39, 0.29) is 0 Å². The van der Waals surface area contributed by atoms with E-state index in [1.54, 1.807) is 6.07 Å². The van der Waals surface area contributed by atoms with Crippen LogP contribution in [0.1, 0.15) is 17.5 Å². The van der Waals surface area contributed by atoms with E-state index >= 15 is 0 Å². The number of rotatable bonds is 4. The maximum Gasteiger partial charge on any atom is 0.248 e. The summed E-state index contributed by atoms with van der Waals surface area (Å²) < 4.78 is 10.3. The second kappa shape index (κ2) is 5.68. The fourth-order valence-corrected chi connectivity index (χ4v) is 1.84. The summed E-state index contributed by atoms with van der Waals surface area (Å²) in [6.45, 7) is 0. The molecule has 7 heteroatoms. The van der Waals surface area contributed by atoms with E-state index in [9.17, 15) is 0 Å². The van der Waals surface area contributed by atoms with Crippen LogP contribution in [0.25, 0.3) is 11.5 Å². The fraction of sp³-hybridized carbons (Fsp3) is 0.143. The molecule has 1 aromatic carbocycles. The Labute approximate surface area is 120 Å². The first-order valence-corrected chi connectivity index (χ1v) is 6.28. The predicted molar refractivity (Wildman–Crippen MR) is 74.3 cm³/mol. The maximum absolute atomic E-state index is 6.11. The van der Waals surface area contributed by atoms with Gasteiger partial charge in [0.25, 0.3) is 0 Å². The third-order valence-corrected chi connectivity index (χ3v) is 2.95. The second-order valence-electron chi connectivity index (χ2n) is 4.29. The quantitative estimate of drug-likeness (QED) is 0.775. The molecule has 0 aliphatic heterocycles. The molecule has 3 rings (SSSR count). The van der Waals surface area contributed by atoms with E-state index in [2.05, 4.69) is 20.1 Å². The lowest BCUT2D eigenvalue weighted by Gasteiger charge is -2.05. The van der Waals surface area contributed by atoms with E-state index in [1.165, 1.54) is 13.4 Å². The van der Waals surface area contributed by atoms with E-state index in [1.807, 2.05) is 30.3 Å². The van der Waals surface area contributed by atoms with Gasteiger partial charge in [0.2, 0.25) is 17.6 Å². The molecule has 0 fully saturated rings. The summed E-state index contributed by atoms with van der Waals surface area (Å²) >= 11 is 0. The molecule has 0 aliphatic carbocycles. The summed E-state index contributed by atoms with van der Waals surface area (Å²) in [7, 11) is 1.53. The molecular formula is C14H13N5O2. The van der Waals surface area contributed by atoms with Crippen LogP contribution >= 0.6 is 0 Å². The molecular weight excluding hydrogens is 270 g/mol. The molecule has 3 aromatic rings. The first-order valence-electron chi connectivity index (χ1n) is 6.28. The summed E-state index contributed by atoms with van der Waals surface area (Å²) in [5.41, 5.74) is 7.52. The lowest BCUT2D eigenvalue weighted by Crippen LogP contribution is -2.12. The molecule has 2 heterocycles. The molecule has 21 heavy (non-hydrogen) atoms. The molecule has 0 aliphatic rings.